The summed E-state index contributed by atoms with van der Waals surface area (Å²) in [6, 6.07) is 7.16. The summed E-state index contributed by atoms with van der Waals surface area (Å²) in [7, 11) is 0. The van der Waals surface area contributed by atoms with Gasteiger partial charge in [0.2, 0.25) is 5.52 Å². The van der Waals surface area contributed by atoms with Crippen LogP contribution in [-0.4, -0.2) is 15.8 Å². The van der Waals surface area contributed by atoms with Gasteiger partial charge in [0.25, 0.3) is 0 Å². The lowest BCUT2D eigenvalue weighted by Crippen LogP contribution is -2.25. The zero-order valence-electron chi connectivity index (χ0n) is 12.3. The van der Waals surface area contributed by atoms with Crippen molar-refractivity contribution in [1.29, 1.82) is 0 Å². The maximum Gasteiger partial charge on any atom is 0.243 e. The molecule has 0 saturated carbocycles. The van der Waals surface area contributed by atoms with Crippen LogP contribution in [0.25, 0.3) is 17.1 Å². The second-order valence-corrected chi connectivity index (χ2v) is 6.90. The second-order valence-electron chi connectivity index (χ2n) is 5.07. The van der Waals surface area contributed by atoms with Crippen molar-refractivity contribution in [3.8, 4) is 0 Å². The van der Waals surface area contributed by atoms with Gasteiger partial charge in [0.05, 0.1) is 5.69 Å². The van der Waals surface area contributed by atoms with E-state index < -0.39 is 0 Å². The van der Waals surface area contributed by atoms with Gasteiger partial charge in [-0.1, -0.05) is 0 Å². The fourth-order valence-electron chi connectivity index (χ4n) is 2.24. The van der Waals surface area contributed by atoms with Crippen LogP contribution in [0.4, 0.5) is 0 Å². The predicted octanol–water partition coefficient (Wildman–Crippen LogP) is 3.61. The molecule has 5 nitrogen and oxygen atoms in total. The molecule has 1 aliphatic rings. The number of carbonyl (C=O) groups excluding carboxylic acids is 1. The number of ketones is 1. The minimum atomic E-state index is 0.141. The molecule has 0 atom stereocenters. The van der Waals surface area contributed by atoms with Crippen molar-refractivity contribution < 1.29 is 9.52 Å². The lowest BCUT2D eigenvalue weighted by Gasteiger charge is -2.07. The Bertz CT molecular complexity index is 958. The van der Waals surface area contributed by atoms with E-state index in [1.807, 2.05) is 6.07 Å². The van der Waals surface area contributed by atoms with Crippen LogP contribution in [0.15, 0.2) is 57.9 Å². The number of hydrogen-bond donors (Lipinski definition) is 0. The quantitative estimate of drug-likeness (QED) is 0.389. The van der Waals surface area contributed by atoms with Crippen LogP contribution < -0.4 is 4.73 Å². The fraction of sp³-hybridized carbons (Fsp3) is 0.0588. The molecule has 0 amide bonds. The first-order valence-electron chi connectivity index (χ1n) is 7.02. The highest BCUT2D eigenvalue weighted by atomic mass is 79.9. The van der Waals surface area contributed by atoms with Gasteiger partial charge in [0.15, 0.2) is 12.0 Å². The first kappa shape index (κ1) is 16.7. The van der Waals surface area contributed by atoms with Crippen LogP contribution in [0.5, 0.6) is 0 Å². The second kappa shape index (κ2) is 7.19. The van der Waals surface area contributed by atoms with E-state index in [9.17, 15) is 10.0 Å². The van der Waals surface area contributed by atoms with E-state index in [1.54, 1.807) is 42.7 Å². The Morgan fingerprint density at radius 3 is 2.67 bits per heavy atom. The zero-order valence-corrected chi connectivity index (χ0v) is 15.5. The van der Waals surface area contributed by atoms with Gasteiger partial charge < -0.3 is 5.21 Å². The van der Waals surface area contributed by atoms with Crippen molar-refractivity contribution in [3.05, 3.63) is 74.3 Å². The molecule has 4 rings (SSSR count). The average Bonchev–Trinajstić information content (AvgIpc) is 2.56. The van der Waals surface area contributed by atoms with Gasteiger partial charge in [0, 0.05) is 39.9 Å². The summed E-state index contributed by atoms with van der Waals surface area (Å²) >= 11 is 6.56. The third-order valence-corrected chi connectivity index (χ3v) is 4.20. The summed E-state index contributed by atoms with van der Waals surface area (Å²) in [5, 5.41) is 11.2. The molecule has 0 radical (unpaired) electrons. The number of hydrogen-bond acceptors (Lipinski definition) is 4. The number of allylic oxidation sites excluding steroid dienone is 1. The van der Waals surface area contributed by atoms with E-state index in [4.69, 9.17) is 0 Å². The predicted molar refractivity (Wildman–Crippen MR) is 98.1 cm³/mol. The topological polar surface area (TPSA) is 69.8 Å². The molecule has 1 aliphatic carbocycles. The monoisotopic (exact) mass is 447 g/mol. The van der Waals surface area contributed by atoms with Crippen LogP contribution in [0.2, 0.25) is 0 Å². The molecule has 0 spiro atoms. The van der Waals surface area contributed by atoms with Crippen molar-refractivity contribution in [2.75, 3.05) is 0 Å². The van der Waals surface area contributed by atoms with E-state index in [0.717, 1.165) is 24.9 Å². The first-order chi connectivity index (χ1) is 11.5. The molecule has 7 heteroatoms. The van der Waals surface area contributed by atoms with E-state index in [1.165, 1.54) is 6.20 Å². The van der Waals surface area contributed by atoms with Gasteiger partial charge >= 0.3 is 0 Å². The van der Waals surface area contributed by atoms with Gasteiger partial charge in [-0.3, -0.25) is 9.78 Å². The van der Waals surface area contributed by atoms with Crippen molar-refractivity contribution >= 4 is 54.8 Å². The summed E-state index contributed by atoms with van der Waals surface area (Å²) < 4.78 is 2.53. The normalized spacial score (nSPS) is 12.5. The molecule has 120 valence electrons. The molecule has 0 bridgehead atoms. The highest BCUT2D eigenvalue weighted by molar-refractivity contribution is 9.10. The minimum absolute atomic E-state index is 0.141. The van der Waals surface area contributed by atoms with E-state index in [2.05, 4.69) is 41.8 Å². The Labute approximate surface area is 154 Å². The van der Waals surface area contributed by atoms with E-state index in [0.29, 0.717) is 17.5 Å². The Hall–Kier alpha value is -2.12. The van der Waals surface area contributed by atoms with E-state index in [-0.39, 0.29) is 5.78 Å². The standard InChI is InChI=1S/C9H6BrNO.C8H5BrN2O/c10-7-3-6-4-8(12)1-2-9(6)11-5-7;9-6-4-8-7(10-5-6)2-1-3-11(8)12/h1-3,5H,4H2;1-5H. The maximum atomic E-state index is 11.2. The van der Waals surface area contributed by atoms with Gasteiger partial charge in [-0.05, 0) is 61.7 Å². The average molecular weight is 449 g/mol. The van der Waals surface area contributed by atoms with Crippen LogP contribution in [-0.2, 0) is 11.2 Å². The minimum Gasteiger partial charge on any atom is -0.618 e. The Morgan fingerprint density at radius 2 is 1.83 bits per heavy atom. The molecule has 3 heterocycles. The Kier molecular flexibility index (Phi) is 5.01. The summed E-state index contributed by atoms with van der Waals surface area (Å²) in [5.41, 5.74) is 3.18. The number of pyridine rings is 3. The highest BCUT2D eigenvalue weighted by Gasteiger charge is 2.10. The maximum absolute atomic E-state index is 11.2. The third-order valence-electron chi connectivity index (χ3n) is 3.34. The van der Waals surface area contributed by atoms with Gasteiger partial charge in [-0.2, -0.15) is 4.73 Å². The number of halogens is 2. The molecule has 0 aromatic carbocycles. The number of rotatable bonds is 0. The molecular weight excluding hydrogens is 438 g/mol. The highest BCUT2D eigenvalue weighted by Crippen LogP contribution is 2.19. The third kappa shape index (κ3) is 3.85. The number of aromatic nitrogens is 3. The van der Waals surface area contributed by atoms with Crippen LogP contribution in [0.1, 0.15) is 11.3 Å². The van der Waals surface area contributed by atoms with E-state index >= 15 is 0 Å². The smallest absolute Gasteiger partial charge is 0.243 e. The first-order valence-corrected chi connectivity index (χ1v) is 8.60. The molecule has 3 aromatic heterocycles. The molecule has 0 fully saturated rings. The molecule has 0 unspecified atom stereocenters. The van der Waals surface area contributed by atoms with Gasteiger partial charge in [-0.25, -0.2) is 4.98 Å². The van der Waals surface area contributed by atoms with Crippen LogP contribution in [0, 0.1) is 5.21 Å². The van der Waals surface area contributed by atoms with Crippen molar-refractivity contribution in [2.24, 2.45) is 0 Å². The van der Waals surface area contributed by atoms with Crippen LogP contribution >= 0.6 is 31.9 Å². The lowest BCUT2D eigenvalue weighted by atomic mass is 10.0. The fourth-order valence-corrected chi connectivity index (χ4v) is 2.94. The molecule has 3 aromatic rings. The van der Waals surface area contributed by atoms with Gasteiger partial charge in [0.1, 0.15) is 5.52 Å². The molecule has 0 aliphatic heterocycles. The summed E-state index contributed by atoms with van der Waals surface area (Å²) in [6.45, 7) is 0. The van der Waals surface area contributed by atoms with Crippen LogP contribution in [0.3, 0.4) is 0 Å². The van der Waals surface area contributed by atoms with Gasteiger partial charge in [-0.15, -0.1) is 0 Å². The Morgan fingerprint density at radius 1 is 1.08 bits per heavy atom. The SMILES string of the molecule is O=C1C=Cc2ncc(Br)cc2C1.[O-][n+]1cccc2ncc(Br)cc21. The van der Waals surface area contributed by atoms with Crippen molar-refractivity contribution in [2.45, 2.75) is 6.42 Å². The molecular formula is C17H11Br2N3O2. The molecule has 24 heavy (non-hydrogen) atoms. The Balaban J connectivity index is 0.000000141. The van der Waals surface area contributed by atoms with Crippen molar-refractivity contribution in [1.82, 2.24) is 9.97 Å². The summed E-state index contributed by atoms with van der Waals surface area (Å²) in [4.78, 5) is 19.2. The number of fused-ring (bicyclic) bond motifs is 2. The number of carbonyl (C=O) groups is 1. The molecule has 0 N–H and O–H groups in total. The van der Waals surface area contributed by atoms with Crippen molar-refractivity contribution in [3.63, 3.8) is 0 Å². The lowest BCUT2D eigenvalue weighted by molar-refractivity contribution is -0.577. The largest absolute Gasteiger partial charge is 0.618 e. The summed E-state index contributed by atoms with van der Waals surface area (Å²) in [5.74, 6) is 0.141. The summed E-state index contributed by atoms with van der Waals surface area (Å²) in [6.07, 6.45) is 8.66. The molecule has 0 saturated heterocycles. The number of nitrogens with zero attached hydrogens (tertiary/aromatic N) is 3. The zero-order chi connectivity index (χ0) is 17.1.